The molecule has 0 aromatic heterocycles. The predicted octanol–water partition coefficient (Wildman–Crippen LogP) is 0.551. The molecule has 3 N–H and O–H groups in total. The molecule has 0 bridgehead atoms. The second-order valence-electron chi connectivity index (χ2n) is 3.89. The van der Waals surface area contributed by atoms with Crippen molar-refractivity contribution in [2.75, 3.05) is 23.9 Å². The van der Waals surface area contributed by atoms with E-state index in [0.717, 1.165) is 6.26 Å². The van der Waals surface area contributed by atoms with Gasteiger partial charge in [0, 0.05) is 18.5 Å². The van der Waals surface area contributed by atoms with Crippen LogP contribution >= 0.6 is 0 Å². The van der Waals surface area contributed by atoms with Crippen molar-refractivity contribution >= 4 is 27.5 Å². The van der Waals surface area contributed by atoms with Gasteiger partial charge in [-0.2, -0.15) is 0 Å². The van der Waals surface area contributed by atoms with Crippen LogP contribution in [0.25, 0.3) is 0 Å². The van der Waals surface area contributed by atoms with Gasteiger partial charge in [0.25, 0.3) is 0 Å². The summed E-state index contributed by atoms with van der Waals surface area (Å²) < 4.78 is 21.7. The lowest BCUT2D eigenvalue weighted by atomic mass is 10.2. The molecule has 1 aromatic rings. The predicted molar refractivity (Wildman–Crippen MR) is 70.1 cm³/mol. The molecule has 2 amide bonds. The molecule has 0 aliphatic heterocycles. The number of hydrogen-bond acceptors (Lipinski definition) is 4. The van der Waals surface area contributed by atoms with E-state index in [-0.39, 0.29) is 17.9 Å². The minimum absolute atomic E-state index is 0.0118. The summed E-state index contributed by atoms with van der Waals surface area (Å²) in [7, 11) is -3.12. The summed E-state index contributed by atoms with van der Waals surface area (Å²) in [5.74, 6) is -1.19. The normalized spacial score (nSPS) is 10.8. The van der Waals surface area contributed by atoms with Gasteiger partial charge in [-0.3, -0.25) is 0 Å². The van der Waals surface area contributed by atoms with Gasteiger partial charge >= 0.3 is 12.0 Å². The Bertz CT molecular complexity index is 565. The van der Waals surface area contributed by atoms with Crippen LogP contribution in [0.4, 0.5) is 10.5 Å². The van der Waals surface area contributed by atoms with Crippen LogP contribution in [0.15, 0.2) is 24.3 Å². The maximum absolute atomic E-state index is 11.4. The number of carboxylic acids is 1. The number of benzene rings is 1. The molecule has 104 valence electrons. The van der Waals surface area contributed by atoms with Crippen molar-refractivity contribution in [2.45, 2.75) is 0 Å². The van der Waals surface area contributed by atoms with Crippen LogP contribution in [-0.2, 0) is 9.84 Å². The van der Waals surface area contributed by atoms with Gasteiger partial charge in [-0.05, 0) is 24.3 Å². The first-order valence-corrected chi connectivity index (χ1v) is 7.40. The third-order valence-corrected chi connectivity index (χ3v) is 3.09. The summed E-state index contributed by atoms with van der Waals surface area (Å²) in [5, 5.41) is 13.5. The largest absolute Gasteiger partial charge is 0.478 e. The second kappa shape index (κ2) is 6.19. The summed E-state index contributed by atoms with van der Waals surface area (Å²) in [6.07, 6.45) is 1.08. The molecular weight excluding hydrogens is 272 g/mol. The molecule has 0 heterocycles. The SMILES string of the molecule is CS(=O)(=O)CCNC(=O)Nc1ccc(C(=O)O)cc1. The first-order valence-electron chi connectivity index (χ1n) is 5.34. The van der Waals surface area contributed by atoms with E-state index in [4.69, 9.17) is 5.11 Å². The van der Waals surface area contributed by atoms with Crippen LogP contribution < -0.4 is 10.6 Å². The number of anilines is 1. The Kier molecular flexibility index (Phi) is 4.87. The van der Waals surface area contributed by atoms with Crippen molar-refractivity contribution in [2.24, 2.45) is 0 Å². The Balaban J connectivity index is 2.46. The molecule has 0 radical (unpaired) electrons. The first-order chi connectivity index (χ1) is 8.78. The van der Waals surface area contributed by atoms with E-state index in [1.807, 2.05) is 0 Å². The molecule has 0 aliphatic rings. The van der Waals surface area contributed by atoms with Gasteiger partial charge in [0.2, 0.25) is 0 Å². The molecule has 19 heavy (non-hydrogen) atoms. The quantitative estimate of drug-likeness (QED) is 0.731. The second-order valence-corrected chi connectivity index (χ2v) is 6.15. The molecule has 0 spiro atoms. The monoisotopic (exact) mass is 286 g/mol. The number of carbonyl (C=O) groups excluding carboxylic acids is 1. The topological polar surface area (TPSA) is 113 Å². The lowest BCUT2D eigenvalue weighted by Crippen LogP contribution is -2.32. The van der Waals surface area contributed by atoms with Crippen LogP contribution in [0.2, 0.25) is 0 Å². The minimum Gasteiger partial charge on any atom is -0.478 e. The van der Waals surface area contributed by atoms with Crippen molar-refractivity contribution in [3.63, 3.8) is 0 Å². The molecule has 1 rings (SSSR count). The van der Waals surface area contributed by atoms with E-state index in [1.165, 1.54) is 24.3 Å². The minimum atomic E-state index is -3.12. The third-order valence-electron chi connectivity index (χ3n) is 2.15. The zero-order valence-corrected chi connectivity index (χ0v) is 11.0. The highest BCUT2D eigenvalue weighted by Gasteiger charge is 2.06. The molecule has 8 heteroatoms. The van der Waals surface area contributed by atoms with Crippen LogP contribution in [0.3, 0.4) is 0 Å². The van der Waals surface area contributed by atoms with E-state index < -0.39 is 21.8 Å². The number of urea groups is 1. The van der Waals surface area contributed by atoms with Gasteiger partial charge < -0.3 is 15.7 Å². The van der Waals surface area contributed by atoms with Crippen LogP contribution in [0, 0.1) is 0 Å². The average molecular weight is 286 g/mol. The van der Waals surface area contributed by atoms with Gasteiger partial charge in [-0.25, -0.2) is 18.0 Å². The highest BCUT2D eigenvalue weighted by atomic mass is 32.2. The fourth-order valence-corrected chi connectivity index (χ4v) is 1.69. The van der Waals surface area contributed by atoms with E-state index in [1.54, 1.807) is 0 Å². The molecule has 0 unspecified atom stereocenters. The Morgan fingerprint density at radius 3 is 2.26 bits per heavy atom. The zero-order chi connectivity index (χ0) is 14.5. The average Bonchev–Trinajstić information content (AvgIpc) is 2.27. The van der Waals surface area contributed by atoms with E-state index in [9.17, 15) is 18.0 Å². The maximum atomic E-state index is 11.4. The molecule has 0 fully saturated rings. The third kappa shape index (κ3) is 5.87. The Morgan fingerprint density at radius 2 is 1.79 bits per heavy atom. The number of amides is 2. The number of rotatable bonds is 5. The maximum Gasteiger partial charge on any atom is 0.335 e. The smallest absolute Gasteiger partial charge is 0.335 e. The number of sulfone groups is 1. The molecule has 1 aromatic carbocycles. The summed E-state index contributed by atoms with van der Waals surface area (Å²) in [6, 6.07) is 5.05. The Morgan fingerprint density at radius 1 is 1.21 bits per heavy atom. The first kappa shape index (κ1) is 15.0. The zero-order valence-electron chi connectivity index (χ0n) is 10.2. The van der Waals surface area contributed by atoms with Crippen molar-refractivity contribution in [1.29, 1.82) is 0 Å². The summed E-state index contributed by atoms with van der Waals surface area (Å²) in [6.45, 7) is 0.0118. The molecule has 0 saturated carbocycles. The molecule has 0 aliphatic carbocycles. The van der Waals surface area contributed by atoms with Crippen LogP contribution in [0.1, 0.15) is 10.4 Å². The number of nitrogens with one attached hydrogen (secondary N) is 2. The number of carbonyl (C=O) groups is 2. The van der Waals surface area contributed by atoms with Gasteiger partial charge in [0.05, 0.1) is 11.3 Å². The van der Waals surface area contributed by atoms with E-state index >= 15 is 0 Å². The fraction of sp³-hybridized carbons (Fsp3) is 0.273. The molecular formula is C11H14N2O5S. The summed E-state index contributed by atoms with van der Waals surface area (Å²) in [4.78, 5) is 22.0. The van der Waals surface area contributed by atoms with Gasteiger partial charge in [-0.15, -0.1) is 0 Å². The van der Waals surface area contributed by atoms with Crippen molar-refractivity contribution in [3.05, 3.63) is 29.8 Å². The van der Waals surface area contributed by atoms with Crippen molar-refractivity contribution in [3.8, 4) is 0 Å². The molecule has 0 atom stereocenters. The van der Waals surface area contributed by atoms with Crippen molar-refractivity contribution < 1.29 is 23.1 Å². The van der Waals surface area contributed by atoms with Gasteiger partial charge in [0.15, 0.2) is 0 Å². The van der Waals surface area contributed by atoms with Crippen LogP contribution in [-0.4, -0.2) is 44.1 Å². The Hall–Kier alpha value is -2.09. The van der Waals surface area contributed by atoms with E-state index in [0.29, 0.717) is 5.69 Å². The number of hydrogen-bond donors (Lipinski definition) is 3. The van der Waals surface area contributed by atoms with E-state index in [2.05, 4.69) is 10.6 Å². The van der Waals surface area contributed by atoms with Gasteiger partial charge in [0.1, 0.15) is 9.84 Å². The number of aromatic carboxylic acids is 1. The highest BCUT2D eigenvalue weighted by Crippen LogP contribution is 2.09. The standard InChI is InChI=1S/C11H14N2O5S/c1-19(17,18)7-6-12-11(16)13-9-4-2-8(3-5-9)10(14)15/h2-5H,6-7H2,1H3,(H,14,15)(H2,12,13,16). The molecule has 7 nitrogen and oxygen atoms in total. The fourth-order valence-electron chi connectivity index (χ4n) is 1.22. The lowest BCUT2D eigenvalue weighted by Gasteiger charge is -2.07. The lowest BCUT2D eigenvalue weighted by molar-refractivity contribution is 0.0697. The number of carboxylic acid groups (broad SMARTS) is 1. The highest BCUT2D eigenvalue weighted by molar-refractivity contribution is 7.90. The summed E-state index contributed by atoms with van der Waals surface area (Å²) in [5.41, 5.74) is 0.532. The molecule has 0 saturated heterocycles. The van der Waals surface area contributed by atoms with Crippen molar-refractivity contribution in [1.82, 2.24) is 5.32 Å². The van der Waals surface area contributed by atoms with Gasteiger partial charge in [-0.1, -0.05) is 0 Å². The van der Waals surface area contributed by atoms with Crippen LogP contribution in [0.5, 0.6) is 0 Å². The summed E-state index contributed by atoms with van der Waals surface area (Å²) >= 11 is 0. The Labute approximate surface area is 110 Å².